The number of aliphatic hydroxyl groups excluding tert-OH is 1. The second-order valence-corrected chi connectivity index (χ2v) is 5.92. The zero-order valence-corrected chi connectivity index (χ0v) is 12.5. The van der Waals surface area contributed by atoms with Crippen molar-refractivity contribution in [2.45, 2.75) is 31.5 Å². The molecule has 1 aliphatic carbocycles. The first kappa shape index (κ1) is 14.6. The van der Waals surface area contributed by atoms with Gasteiger partial charge in [0, 0.05) is 12.6 Å². The molecule has 0 spiro atoms. The third-order valence-corrected chi connectivity index (χ3v) is 4.16. The molecule has 1 aromatic carbocycles. The first-order chi connectivity index (χ1) is 10.2. The molecule has 1 unspecified atom stereocenters. The van der Waals surface area contributed by atoms with Crippen molar-refractivity contribution in [2.24, 2.45) is 0 Å². The van der Waals surface area contributed by atoms with Crippen molar-refractivity contribution in [3.05, 3.63) is 28.8 Å². The smallest absolute Gasteiger partial charge is 0.245 e. The van der Waals surface area contributed by atoms with Crippen molar-refractivity contribution < 1.29 is 14.6 Å². The Hall–Kier alpha value is -1.30. The van der Waals surface area contributed by atoms with E-state index in [0.29, 0.717) is 30.8 Å². The van der Waals surface area contributed by atoms with Crippen LogP contribution in [0.25, 0.3) is 0 Å². The highest BCUT2D eigenvalue weighted by Crippen LogP contribution is 2.30. The molecular weight excluding hydrogens is 292 g/mol. The summed E-state index contributed by atoms with van der Waals surface area (Å²) in [5, 5.41) is 12.7. The molecular formula is C15H19ClN2O3. The Bertz CT molecular complexity index is 534. The van der Waals surface area contributed by atoms with Gasteiger partial charge in [0.05, 0.1) is 30.5 Å². The van der Waals surface area contributed by atoms with E-state index < -0.39 is 0 Å². The number of hydrogen-bond donors (Lipinski definition) is 2. The summed E-state index contributed by atoms with van der Waals surface area (Å²) in [5.74, 6) is -0.000462. The maximum Gasteiger partial charge on any atom is 0.245 e. The molecule has 1 saturated heterocycles. The van der Waals surface area contributed by atoms with Crippen LogP contribution in [0.1, 0.15) is 18.4 Å². The molecule has 2 N–H and O–H groups in total. The van der Waals surface area contributed by atoms with Crippen molar-refractivity contribution >= 4 is 23.2 Å². The fourth-order valence-corrected chi connectivity index (χ4v) is 2.83. The molecule has 0 bridgehead atoms. The van der Waals surface area contributed by atoms with E-state index >= 15 is 0 Å². The second kappa shape index (κ2) is 6.22. The van der Waals surface area contributed by atoms with E-state index in [4.69, 9.17) is 21.4 Å². The first-order valence-corrected chi connectivity index (χ1v) is 7.61. The van der Waals surface area contributed by atoms with Gasteiger partial charge in [-0.1, -0.05) is 17.7 Å². The molecule has 1 atom stereocenters. The number of halogens is 1. The molecule has 1 aliphatic heterocycles. The average molecular weight is 311 g/mol. The Morgan fingerprint density at radius 2 is 2.29 bits per heavy atom. The molecule has 2 aliphatic rings. The number of rotatable bonds is 4. The maximum atomic E-state index is 12.4. The van der Waals surface area contributed by atoms with Gasteiger partial charge in [-0.25, -0.2) is 0 Å². The van der Waals surface area contributed by atoms with Crippen LogP contribution >= 0.6 is 11.6 Å². The maximum absolute atomic E-state index is 12.4. The number of amides is 1. The van der Waals surface area contributed by atoms with Gasteiger partial charge in [0.1, 0.15) is 6.04 Å². The largest absolute Gasteiger partial charge is 0.392 e. The minimum atomic E-state index is -0.350. The molecule has 21 heavy (non-hydrogen) atoms. The molecule has 1 heterocycles. The van der Waals surface area contributed by atoms with Crippen molar-refractivity contribution in [1.29, 1.82) is 0 Å². The molecule has 3 rings (SSSR count). The van der Waals surface area contributed by atoms with Crippen LogP contribution in [0.4, 0.5) is 5.69 Å². The predicted octanol–water partition coefficient (Wildman–Crippen LogP) is 1.32. The van der Waals surface area contributed by atoms with E-state index in [1.165, 1.54) is 0 Å². The van der Waals surface area contributed by atoms with Gasteiger partial charge in [0.2, 0.25) is 5.91 Å². The third kappa shape index (κ3) is 3.31. The number of benzene rings is 1. The number of aliphatic hydroxyl groups is 1. The van der Waals surface area contributed by atoms with Crippen LogP contribution in [-0.4, -0.2) is 42.9 Å². The highest BCUT2D eigenvalue weighted by atomic mass is 35.5. The molecule has 114 valence electrons. The summed E-state index contributed by atoms with van der Waals surface area (Å²) in [5.41, 5.74) is 1.57. The molecule has 1 saturated carbocycles. The van der Waals surface area contributed by atoms with Crippen LogP contribution in [0.3, 0.4) is 0 Å². The first-order valence-electron chi connectivity index (χ1n) is 7.23. The molecule has 1 amide bonds. The van der Waals surface area contributed by atoms with E-state index in [9.17, 15) is 4.79 Å². The molecule has 0 aromatic heterocycles. The SMILES string of the molecule is O=C(NC1CC1)C1COCCN1c1ccc(CO)cc1Cl. The number of ether oxygens (including phenoxy) is 1. The van der Waals surface area contributed by atoms with Gasteiger partial charge in [-0.15, -0.1) is 0 Å². The van der Waals surface area contributed by atoms with Gasteiger partial charge in [0.15, 0.2) is 0 Å². The Morgan fingerprint density at radius 1 is 1.48 bits per heavy atom. The van der Waals surface area contributed by atoms with E-state index in [-0.39, 0.29) is 18.6 Å². The highest BCUT2D eigenvalue weighted by Gasteiger charge is 2.34. The van der Waals surface area contributed by atoms with Crippen LogP contribution in [0.2, 0.25) is 5.02 Å². The summed E-state index contributed by atoms with van der Waals surface area (Å²) < 4.78 is 5.46. The van der Waals surface area contributed by atoms with Crippen molar-refractivity contribution in [1.82, 2.24) is 5.32 Å². The van der Waals surface area contributed by atoms with Crippen molar-refractivity contribution in [3.63, 3.8) is 0 Å². The minimum Gasteiger partial charge on any atom is -0.392 e. The summed E-state index contributed by atoms with van der Waals surface area (Å²) in [6.07, 6.45) is 2.12. The topological polar surface area (TPSA) is 61.8 Å². The Labute approximate surface area is 128 Å². The van der Waals surface area contributed by atoms with Crippen molar-refractivity contribution in [2.75, 3.05) is 24.7 Å². The Kier molecular flexibility index (Phi) is 4.33. The van der Waals surface area contributed by atoms with Gasteiger partial charge >= 0.3 is 0 Å². The number of hydrogen-bond acceptors (Lipinski definition) is 4. The number of carbonyl (C=O) groups excluding carboxylic acids is 1. The summed E-state index contributed by atoms with van der Waals surface area (Å²) in [7, 11) is 0. The summed E-state index contributed by atoms with van der Waals surface area (Å²) in [6, 6.07) is 5.40. The third-order valence-electron chi connectivity index (χ3n) is 3.86. The van der Waals surface area contributed by atoms with Gasteiger partial charge < -0.3 is 20.1 Å². The Balaban J connectivity index is 1.81. The highest BCUT2D eigenvalue weighted by molar-refractivity contribution is 6.33. The van der Waals surface area contributed by atoms with Crippen LogP contribution in [-0.2, 0) is 16.1 Å². The predicted molar refractivity (Wildman–Crippen MR) is 80.5 cm³/mol. The molecule has 6 heteroatoms. The van der Waals surface area contributed by atoms with E-state index in [1.54, 1.807) is 6.07 Å². The van der Waals surface area contributed by atoms with E-state index in [0.717, 1.165) is 24.1 Å². The van der Waals surface area contributed by atoms with Crippen molar-refractivity contribution in [3.8, 4) is 0 Å². The average Bonchev–Trinajstić information content (AvgIpc) is 3.31. The standard InChI is InChI=1S/C15H19ClN2O3/c16-12-7-10(8-19)1-4-13(12)18-5-6-21-9-14(18)15(20)17-11-2-3-11/h1,4,7,11,14,19H,2-3,5-6,8-9H2,(H,17,20). The van der Waals surface area contributed by atoms with Crippen LogP contribution in [0.15, 0.2) is 18.2 Å². The monoisotopic (exact) mass is 310 g/mol. The number of morpholine rings is 1. The van der Waals surface area contributed by atoms with E-state index in [2.05, 4.69) is 5.32 Å². The molecule has 5 nitrogen and oxygen atoms in total. The quantitative estimate of drug-likeness (QED) is 0.880. The van der Waals surface area contributed by atoms with Gasteiger partial charge in [0.25, 0.3) is 0 Å². The zero-order chi connectivity index (χ0) is 14.8. The van der Waals surface area contributed by atoms with Gasteiger partial charge in [-0.05, 0) is 30.5 Å². The Morgan fingerprint density at radius 3 is 2.95 bits per heavy atom. The minimum absolute atomic E-state index is 0.000462. The number of nitrogens with zero attached hydrogens (tertiary/aromatic N) is 1. The summed E-state index contributed by atoms with van der Waals surface area (Å²) in [6.45, 7) is 1.53. The second-order valence-electron chi connectivity index (χ2n) is 5.51. The lowest BCUT2D eigenvalue weighted by atomic mass is 10.1. The number of anilines is 1. The van der Waals surface area contributed by atoms with Crippen LogP contribution in [0, 0.1) is 0 Å². The lowest BCUT2D eigenvalue weighted by Gasteiger charge is -2.36. The van der Waals surface area contributed by atoms with Crippen LogP contribution < -0.4 is 10.2 Å². The molecule has 2 fully saturated rings. The van der Waals surface area contributed by atoms with Crippen LogP contribution in [0.5, 0.6) is 0 Å². The fraction of sp³-hybridized carbons (Fsp3) is 0.533. The number of carbonyl (C=O) groups is 1. The summed E-state index contributed by atoms with van der Waals surface area (Å²) >= 11 is 6.30. The lowest BCUT2D eigenvalue weighted by molar-refractivity contribution is -0.124. The van der Waals surface area contributed by atoms with E-state index in [1.807, 2.05) is 17.0 Å². The normalized spacial score (nSPS) is 22.2. The van der Waals surface area contributed by atoms with Gasteiger partial charge in [-0.3, -0.25) is 4.79 Å². The number of nitrogens with one attached hydrogen (secondary N) is 1. The zero-order valence-electron chi connectivity index (χ0n) is 11.7. The molecule has 1 aromatic rings. The lowest BCUT2D eigenvalue weighted by Crippen LogP contribution is -2.54. The summed E-state index contributed by atoms with van der Waals surface area (Å²) in [4.78, 5) is 14.3. The molecule has 0 radical (unpaired) electrons. The fourth-order valence-electron chi connectivity index (χ4n) is 2.52. The van der Waals surface area contributed by atoms with Gasteiger partial charge in [-0.2, -0.15) is 0 Å².